The van der Waals surface area contributed by atoms with Crippen molar-refractivity contribution in [1.29, 1.82) is 0 Å². The number of aromatic hydroxyl groups is 1. The third kappa shape index (κ3) is 4.22. The number of nitrogens with zero attached hydrogens (tertiary/aromatic N) is 3. The van der Waals surface area contributed by atoms with Crippen LogP contribution in [0.2, 0.25) is 0 Å². The van der Waals surface area contributed by atoms with Gasteiger partial charge in [0.05, 0.1) is 40.6 Å². The molecule has 2 aromatic rings. The van der Waals surface area contributed by atoms with Gasteiger partial charge in [-0.25, -0.2) is 4.79 Å². The largest absolute Gasteiger partial charge is 0.504 e. The Labute approximate surface area is 176 Å². The summed E-state index contributed by atoms with van der Waals surface area (Å²) in [6.07, 6.45) is 2.47. The second kappa shape index (κ2) is 8.66. The number of anilines is 1. The van der Waals surface area contributed by atoms with Crippen LogP contribution in [-0.4, -0.2) is 39.8 Å². The van der Waals surface area contributed by atoms with Crippen molar-refractivity contribution in [2.75, 3.05) is 12.1 Å². The number of hydrogen-bond acceptors (Lipinski definition) is 7. The molecule has 0 spiro atoms. The monoisotopic (exact) mass is 425 g/mol. The quantitative estimate of drug-likeness (QED) is 0.392. The summed E-state index contributed by atoms with van der Waals surface area (Å²) in [6.45, 7) is 1.91. The molecule has 1 heterocycles. The lowest BCUT2D eigenvalue weighted by atomic mass is 10.0. The fourth-order valence-corrected chi connectivity index (χ4v) is 3.09. The molecule has 0 saturated heterocycles. The van der Waals surface area contributed by atoms with E-state index in [1.807, 2.05) is 6.92 Å². The summed E-state index contributed by atoms with van der Waals surface area (Å²) in [5, 5.41) is 36.2. The first-order chi connectivity index (χ1) is 14.8. The van der Waals surface area contributed by atoms with Crippen molar-refractivity contribution in [3.63, 3.8) is 0 Å². The summed E-state index contributed by atoms with van der Waals surface area (Å²) >= 11 is 0. The van der Waals surface area contributed by atoms with E-state index in [0.29, 0.717) is 24.2 Å². The number of aromatic carboxylic acids is 1. The molecule has 0 radical (unpaired) electrons. The molecule has 0 aromatic heterocycles. The number of non-ortho nitro benzene ring substituents is 1. The summed E-state index contributed by atoms with van der Waals surface area (Å²) in [7, 11) is 1.27. The van der Waals surface area contributed by atoms with Crippen molar-refractivity contribution in [1.82, 2.24) is 0 Å². The molecule has 31 heavy (non-hydrogen) atoms. The van der Waals surface area contributed by atoms with Gasteiger partial charge in [-0.2, -0.15) is 10.1 Å². The summed E-state index contributed by atoms with van der Waals surface area (Å²) in [5.74, 6) is -2.03. The van der Waals surface area contributed by atoms with E-state index < -0.39 is 16.8 Å². The maximum Gasteiger partial charge on any atom is 0.335 e. The van der Waals surface area contributed by atoms with Crippen LogP contribution < -0.4 is 9.75 Å². The molecule has 2 N–H and O–H groups in total. The van der Waals surface area contributed by atoms with Crippen LogP contribution in [0, 0.1) is 10.1 Å². The smallest absolute Gasteiger partial charge is 0.335 e. The number of methoxy groups -OCH3 is 1. The maximum atomic E-state index is 13.1. The van der Waals surface area contributed by atoms with Gasteiger partial charge in [-0.05, 0) is 36.8 Å². The van der Waals surface area contributed by atoms with Crippen molar-refractivity contribution in [2.45, 2.75) is 19.8 Å². The standard InChI is InChI=1S/C21H19N3O7/c1-3-4-17-16(10-13-9-15(24(29)30)11-18(31-2)19(13)25)20(26)23(22-17)14-7-5-12(6-8-14)21(27)28/h5-11,25H,3-4H2,1-2H3,(H,27,28)/b16-10+. The highest BCUT2D eigenvalue weighted by Gasteiger charge is 2.31. The molecule has 1 amide bonds. The Kier molecular flexibility index (Phi) is 6.00. The average molecular weight is 425 g/mol. The number of carboxylic acid groups (broad SMARTS) is 1. The van der Waals surface area contributed by atoms with Crippen molar-refractivity contribution in [3.05, 3.63) is 63.2 Å². The normalized spacial score (nSPS) is 14.6. The first kappa shape index (κ1) is 21.5. The number of nitro groups is 1. The van der Waals surface area contributed by atoms with E-state index in [0.717, 1.165) is 17.1 Å². The van der Waals surface area contributed by atoms with E-state index in [2.05, 4.69) is 5.10 Å². The number of carboxylic acids is 1. The first-order valence-corrected chi connectivity index (χ1v) is 9.29. The molecule has 3 rings (SSSR count). The minimum Gasteiger partial charge on any atom is -0.504 e. The van der Waals surface area contributed by atoms with Crippen LogP contribution >= 0.6 is 0 Å². The fourth-order valence-electron chi connectivity index (χ4n) is 3.09. The number of carbonyl (C=O) groups is 2. The number of ether oxygens (including phenoxy) is 1. The number of rotatable bonds is 7. The zero-order chi connectivity index (χ0) is 22.7. The Hall–Kier alpha value is -4.21. The number of benzene rings is 2. The molecular formula is C21H19N3O7. The Morgan fingerprint density at radius 3 is 2.52 bits per heavy atom. The van der Waals surface area contributed by atoms with Gasteiger partial charge < -0.3 is 14.9 Å². The van der Waals surface area contributed by atoms with E-state index in [1.165, 1.54) is 37.5 Å². The Morgan fingerprint density at radius 2 is 1.97 bits per heavy atom. The molecule has 0 aliphatic carbocycles. The van der Waals surface area contributed by atoms with E-state index in [1.54, 1.807) is 0 Å². The Bertz CT molecular complexity index is 1120. The first-order valence-electron chi connectivity index (χ1n) is 9.29. The highest BCUT2D eigenvalue weighted by atomic mass is 16.6. The molecule has 0 unspecified atom stereocenters. The molecule has 0 fully saturated rings. The van der Waals surface area contributed by atoms with Gasteiger partial charge in [-0.3, -0.25) is 14.9 Å². The lowest BCUT2D eigenvalue weighted by molar-refractivity contribution is -0.385. The van der Waals surface area contributed by atoms with Crippen LogP contribution in [0.3, 0.4) is 0 Å². The summed E-state index contributed by atoms with van der Waals surface area (Å²) in [5.41, 5.74) is 0.787. The average Bonchev–Trinajstić information content (AvgIpc) is 3.05. The predicted octanol–water partition coefficient (Wildman–Crippen LogP) is 3.59. The molecule has 10 heteroatoms. The van der Waals surface area contributed by atoms with Crippen molar-refractivity contribution in [2.24, 2.45) is 5.10 Å². The van der Waals surface area contributed by atoms with Gasteiger partial charge in [0.15, 0.2) is 11.5 Å². The molecular weight excluding hydrogens is 406 g/mol. The van der Waals surface area contributed by atoms with E-state index in [-0.39, 0.29) is 33.9 Å². The third-order valence-electron chi connectivity index (χ3n) is 4.62. The zero-order valence-corrected chi connectivity index (χ0v) is 16.7. The topological polar surface area (TPSA) is 143 Å². The maximum absolute atomic E-state index is 13.1. The van der Waals surface area contributed by atoms with Crippen LogP contribution in [0.15, 0.2) is 47.1 Å². The Morgan fingerprint density at radius 1 is 1.29 bits per heavy atom. The number of phenolic OH excluding ortho intramolecular Hbond substituents is 1. The molecule has 0 atom stereocenters. The van der Waals surface area contributed by atoms with Crippen LogP contribution in [-0.2, 0) is 4.79 Å². The predicted molar refractivity (Wildman–Crippen MR) is 113 cm³/mol. The van der Waals surface area contributed by atoms with Gasteiger partial charge >= 0.3 is 5.97 Å². The minimum atomic E-state index is -1.09. The van der Waals surface area contributed by atoms with Gasteiger partial charge in [0.2, 0.25) is 0 Å². The van der Waals surface area contributed by atoms with Gasteiger partial charge in [0.25, 0.3) is 11.6 Å². The minimum absolute atomic E-state index is 0.0429. The number of carbonyl (C=O) groups excluding carboxylic acids is 1. The number of hydrazone groups is 1. The molecule has 160 valence electrons. The van der Waals surface area contributed by atoms with E-state index in [9.17, 15) is 24.8 Å². The molecule has 1 aliphatic rings. The van der Waals surface area contributed by atoms with Crippen molar-refractivity contribution >= 4 is 35.0 Å². The summed E-state index contributed by atoms with van der Waals surface area (Å²) in [4.78, 5) is 34.7. The van der Waals surface area contributed by atoms with Gasteiger partial charge in [-0.1, -0.05) is 13.3 Å². The number of amides is 1. The molecule has 2 aromatic carbocycles. The lowest BCUT2D eigenvalue weighted by Crippen LogP contribution is -2.21. The SMILES string of the molecule is CCCC1=NN(c2ccc(C(=O)O)cc2)C(=O)/C1=C/c1cc([N+](=O)[O-])cc(OC)c1O. The van der Waals surface area contributed by atoms with Gasteiger partial charge in [0, 0.05) is 11.6 Å². The Balaban J connectivity index is 2.07. The van der Waals surface area contributed by atoms with Crippen LogP contribution in [0.25, 0.3) is 6.08 Å². The summed E-state index contributed by atoms with van der Waals surface area (Å²) < 4.78 is 5.01. The third-order valence-corrected chi connectivity index (χ3v) is 4.62. The zero-order valence-electron chi connectivity index (χ0n) is 16.7. The summed E-state index contributed by atoms with van der Waals surface area (Å²) in [6, 6.07) is 7.88. The van der Waals surface area contributed by atoms with Crippen LogP contribution in [0.4, 0.5) is 11.4 Å². The number of phenols is 1. The van der Waals surface area contributed by atoms with Gasteiger partial charge in [-0.15, -0.1) is 0 Å². The number of hydrogen-bond donors (Lipinski definition) is 2. The van der Waals surface area contributed by atoms with Crippen molar-refractivity contribution < 1.29 is 29.5 Å². The molecule has 0 bridgehead atoms. The van der Waals surface area contributed by atoms with Crippen LogP contribution in [0.5, 0.6) is 11.5 Å². The molecule has 10 nitrogen and oxygen atoms in total. The second-order valence-corrected chi connectivity index (χ2v) is 6.67. The van der Waals surface area contributed by atoms with Crippen LogP contribution in [0.1, 0.15) is 35.7 Å². The van der Waals surface area contributed by atoms with Crippen molar-refractivity contribution in [3.8, 4) is 11.5 Å². The van der Waals surface area contributed by atoms with E-state index >= 15 is 0 Å². The molecule has 0 saturated carbocycles. The molecule has 1 aliphatic heterocycles. The lowest BCUT2D eigenvalue weighted by Gasteiger charge is -2.12. The fraction of sp³-hybridized carbons (Fsp3) is 0.190. The highest BCUT2D eigenvalue weighted by Crippen LogP contribution is 2.37. The van der Waals surface area contributed by atoms with E-state index in [4.69, 9.17) is 9.84 Å². The second-order valence-electron chi connectivity index (χ2n) is 6.67. The highest BCUT2D eigenvalue weighted by molar-refractivity contribution is 6.32. The van der Waals surface area contributed by atoms with Gasteiger partial charge in [0.1, 0.15) is 0 Å². The number of nitro benzene ring substituents is 1.